The number of nitrogens with two attached hydrogens (primary N) is 1. The molecule has 21 heavy (non-hydrogen) atoms. The Bertz CT molecular complexity index is 429. The van der Waals surface area contributed by atoms with Gasteiger partial charge < -0.3 is 25.0 Å². The Morgan fingerprint density at radius 1 is 1.14 bits per heavy atom. The highest BCUT2D eigenvalue weighted by Gasteiger charge is 2.21. The summed E-state index contributed by atoms with van der Waals surface area (Å²) in [5.41, 5.74) is 6.96. The van der Waals surface area contributed by atoms with E-state index in [9.17, 15) is 0 Å². The monoisotopic (exact) mass is 295 g/mol. The van der Waals surface area contributed by atoms with Crippen molar-refractivity contribution < 1.29 is 9.47 Å². The molecule has 7 heteroatoms. The van der Waals surface area contributed by atoms with Gasteiger partial charge in [-0.15, -0.1) is 0 Å². The largest absolute Gasteiger partial charge is 0.393 e. The minimum absolute atomic E-state index is 0.617. The summed E-state index contributed by atoms with van der Waals surface area (Å²) < 4.78 is 10.3. The molecule has 1 aliphatic rings. The van der Waals surface area contributed by atoms with E-state index in [0.29, 0.717) is 18.9 Å². The predicted molar refractivity (Wildman–Crippen MR) is 83.9 cm³/mol. The zero-order chi connectivity index (χ0) is 15.1. The Balaban J connectivity index is 2.19. The summed E-state index contributed by atoms with van der Waals surface area (Å²) >= 11 is 0. The van der Waals surface area contributed by atoms with Gasteiger partial charge in [-0.05, 0) is 12.8 Å². The first-order valence-electron chi connectivity index (χ1n) is 7.36. The van der Waals surface area contributed by atoms with Gasteiger partial charge in [-0.2, -0.15) is 0 Å². The number of methoxy groups -OCH3 is 2. The molecule has 1 aromatic rings. The second-order valence-corrected chi connectivity index (χ2v) is 5.10. The van der Waals surface area contributed by atoms with Crippen LogP contribution in [0.3, 0.4) is 0 Å². The van der Waals surface area contributed by atoms with E-state index in [2.05, 4.69) is 19.8 Å². The van der Waals surface area contributed by atoms with Crippen molar-refractivity contribution in [2.75, 3.05) is 69.1 Å². The standard InChI is InChI=1S/C14H25N5O2/c1-20-9-7-19(8-10-21-2)14-12(15)13(16-11-17-14)18-5-3-4-6-18/h11H,3-10,15H2,1-2H3. The van der Waals surface area contributed by atoms with Gasteiger partial charge in [0.25, 0.3) is 0 Å². The van der Waals surface area contributed by atoms with Crippen molar-refractivity contribution in [1.82, 2.24) is 9.97 Å². The lowest BCUT2D eigenvalue weighted by Crippen LogP contribution is -2.33. The Hall–Kier alpha value is -1.60. The Labute approximate surface area is 126 Å². The first kappa shape index (κ1) is 15.8. The van der Waals surface area contributed by atoms with E-state index in [1.54, 1.807) is 20.5 Å². The molecule has 118 valence electrons. The van der Waals surface area contributed by atoms with Crippen molar-refractivity contribution in [2.24, 2.45) is 0 Å². The molecule has 7 nitrogen and oxygen atoms in total. The van der Waals surface area contributed by atoms with Gasteiger partial charge in [0.1, 0.15) is 12.0 Å². The van der Waals surface area contributed by atoms with E-state index in [4.69, 9.17) is 15.2 Å². The quantitative estimate of drug-likeness (QED) is 0.758. The Kier molecular flexibility index (Phi) is 6.01. The number of nitrogens with zero attached hydrogens (tertiary/aromatic N) is 4. The lowest BCUT2D eigenvalue weighted by molar-refractivity contribution is 0.190. The highest BCUT2D eigenvalue weighted by Crippen LogP contribution is 2.30. The van der Waals surface area contributed by atoms with Crippen LogP contribution in [0.2, 0.25) is 0 Å². The average Bonchev–Trinajstić information content (AvgIpc) is 3.02. The highest BCUT2D eigenvalue weighted by molar-refractivity contribution is 5.75. The molecule has 0 radical (unpaired) electrons. The molecule has 0 saturated carbocycles. The maximum atomic E-state index is 6.32. The van der Waals surface area contributed by atoms with E-state index in [0.717, 1.165) is 37.8 Å². The fraction of sp³-hybridized carbons (Fsp3) is 0.714. The molecule has 0 unspecified atom stereocenters. The summed E-state index contributed by atoms with van der Waals surface area (Å²) in [5.74, 6) is 1.61. The predicted octanol–water partition coefficient (Wildman–Crippen LogP) is 0.758. The van der Waals surface area contributed by atoms with E-state index >= 15 is 0 Å². The van der Waals surface area contributed by atoms with Crippen molar-refractivity contribution in [3.05, 3.63) is 6.33 Å². The number of ether oxygens (including phenoxy) is 2. The number of hydrogen-bond donors (Lipinski definition) is 1. The summed E-state index contributed by atoms with van der Waals surface area (Å²) in [6, 6.07) is 0. The molecule has 0 aromatic carbocycles. The molecule has 0 atom stereocenters. The number of anilines is 3. The molecule has 1 fully saturated rings. The molecule has 2 N–H and O–H groups in total. The fourth-order valence-electron chi connectivity index (χ4n) is 2.54. The molecule has 0 spiro atoms. The average molecular weight is 295 g/mol. The first-order chi connectivity index (χ1) is 10.3. The minimum atomic E-state index is 0.617. The minimum Gasteiger partial charge on any atom is -0.393 e. The van der Waals surface area contributed by atoms with Gasteiger partial charge in [0.2, 0.25) is 0 Å². The summed E-state index contributed by atoms with van der Waals surface area (Å²) in [4.78, 5) is 13.0. The number of nitrogen functional groups attached to an aromatic ring is 1. The molecule has 2 rings (SSSR count). The SMILES string of the molecule is COCCN(CCOC)c1ncnc(N2CCCC2)c1N. The van der Waals surface area contributed by atoms with Crippen molar-refractivity contribution in [1.29, 1.82) is 0 Å². The molecule has 2 heterocycles. The van der Waals surface area contributed by atoms with Crippen LogP contribution < -0.4 is 15.5 Å². The van der Waals surface area contributed by atoms with Gasteiger partial charge in [0.05, 0.1) is 13.2 Å². The molecule has 1 saturated heterocycles. The third-order valence-electron chi connectivity index (χ3n) is 3.68. The Morgan fingerprint density at radius 2 is 1.76 bits per heavy atom. The van der Waals surface area contributed by atoms with E-state index in [1.165, 1.54) is 12.8 Å². The summed E-state index contributed by atoms with van der Waals surface area (Å²) in [5, 5.41) is 0. The van der Waals surface area contributed by atoms with Gasteiger partial charge in [-0.25, -0.2) is 9.97 Å². The molecular weight excluding hydrogens is 270 g/mol. The van der Waals surface area contributed by atoms with Gasteiger partial charge in [-0.1, -0.05) is 0 Å². The maximum Gasteiger partial charge on any atom is 0.157 e. The van der Waals surface area contributed by atoms with Crippen molar-refractivity contribution in [2.45, 2.75) is 12.8 Å². The summed E-state index contributed by atoms with van der Waals surface area (Å²) in [7, 11) is 3.38. The maximum absolute atomic E-state index is 6.32. The Morgan fingerprint density at radius 3 is 2.33 bits per heavy atom. The van der Waals surface area contributed by atoms with Gasteiger partial charge in [0, 0.05) is 40.4 Å². The highest BCUT2D eigenvalue weighted by atomic mass is 16.5. The second-order valence-electron chi connectivity index (χ2n) is 5.10. The van der Waals surface area contributed by atoms with Gasteiger partial charge in [-0.3, -0.25) is 0 Å². The van der Waals surface area contributed by atoms with Crippen LogP contribution in [0, 0.1) is 0 Å². The molecule has 1 aliphatic heterocycles. The van der Waals surface area contributed by atoms with Crippen molar-refractivity contribution in [3.8, 4) is 0 Å². The van der Waals surface area contributed by atoms with Crippen LogP contribution >= 0.6 is 0 Å². The molecule has 0 bridgehead atoms. The summed E-state index contributed by atoms with van der Waals surface area (Å²) in [6.07, 6.45) is 3.97. The lowest BCUT2D eigenvalue weighted by Gasteiger charge is -2.26. The van der Waals surface area contributed by atoms with Crippen LogP contribution in [-0.2, 0) is 9.47 Å². The zero-order valence-electron chi connectivity index (χ0n) is 12.9. The van der Waals surface area contributed by atoms with Crippen LogP contribution in [0.5, 0.6) is 0 Å². The molecule has 0 aliphatic carbocycles. The van der Waals surface area contributed by atoms with E-state index in [-0.39, 0.29) is 0 Å². The summed E-state index contributed by atoms with van der Waals surface area (Å²) in [6.45, 7) is 4.70. The zero-order valence-corrected chi connectivity index (χ0v) is 12.9. The van der Waals surface area contributed by atoms with Gasteiger partial charge >= 0.3 is 0 Å². The fourth-order valence-corrected chi connectivity index (χ4v) is 2.54. The van der Waals surface area contributed by atoms with Crippen LogP contribution in [-0.4, -0.2) is 63.6 Å². The van der Waals surface area contributed by atoms with Crippen LogP contribution in [0.1, 0.15) is 12.8 Å². The first-order valence-corrected chi connectivity index (χ1v) is 7.36. The van der Waals surface area contributed by atoms with Crippen molar-refractivity contribution >= 4 is 17.3 Å². The van der Waals surface area contributed by atoms with Crippen LogP contribution in [0.4, 0.5) is 17.3 Å². The normalized spacial score (nSPS) is 14.7. The topological polar surface area (TPSA) is 76.7 Å². The van der Waals surface area contributed by atoms with Crippen LogP contribution in [0.25, 0.3) is 0 Å². The second kappa shape index (κ2) is 7.99. The van der Waals surface area contributed by atoms with E-state index < -0.39 is 0 Å². The van der Waals surface area contributed by atoms with Crippen molar-refractivity contribution in [3.63, 3.8) is 0 Å². The molecule has 0 amide bonds. The third-order valence-corrected chi connectivity index (χ3v) is 3.68. The lowest BCUT2D eigenvalue weighted by atomic mass is 10.3. The van der Waals surface area contributed by atoms with Gasteiger partial charge in [0.15, 0.2) is 11.6 Å². The third kappa shape index (κ3) is 3.95. The van der Waals surface area contributed by atoms with Crippen LogP contribution in [0.15, 0.2) is 6.33 Å². The molecular formula is C14H25N5O2. The van der Waals surface area contributed by atoms with E-state index in [1.807, 2.05) is 0 Å². The number of hydrogen-bond acceptors (Lipinski definition) is 7. The number of rotatable bonds is 8. The molecule has 1 aromatic heterocycles. The number of aromatic nitrogens is 2. The smallest absolute Gasteiger partial charge is 0.157 e.